The maximum absolute atomic E-state index is 12.3. The largest absolute Gasteiger partial charge is 0.481 e. The summed E-state index contributed by atoms with van der Waals surface area (Å²) in [5.41, 5.74) is 0. The van der Waals surface area contributed by atoms with E-state index in [9.17, 15) is 42.0 Å². The molecule has 13 heteroatoms. The Bertz CT molecular complexity index is 885. The maximum Gasteiger partial charge on any atom is 0.335 e. The van der Waals surface area contributed by atoms with Crippen molar-refractivity contribution in [1.82, 2.24) is 0 Å². The van der Waals surface area contributed by atoms with Crippen LogP contribution in [0.5, 0.6) is 0 Å². The van der Waals surface area contributed by atoms with Crippen molar-refractivity contribution in [2.45, 2.75) is 127 Å². The average Bonchev–Trinajstić information content (AvgIpc) is 2.82. The highest BCUT2D eigenvalue weighted by atomic mass is 32.2. The van der Waals surface area contributed by atoms with Gasteiger partial charge in [0.25, 0.3) is 14.9 Å². The van der Waals surface area contributed by atoms with E-state index >= 15 is 0 Å². The van der Waals surface area contributed by atoms with E-state index in [1.54, 1.807) is 0 Å². The summed E-state index contributed by atoms with van der Waals surface area (Å²) < 4.78 is 29.0. The summed E-state index contributed by atoms with van der Waals surface area (Å²) in [6.07, 6.45) is 13.0. The molecule has 12 nitrogen and oxygen atoms in total. The zero-order valence-electron chi connectivity index (χ0n) is 22.5. The van der Waals surface area contributed by atoms with E-state index in [2.05, 4.69) is 0 Å². The van der Waals surface area contributed by atoms with Crippen molar-refractivity contribution in [1.29, 1.82) is 0 Å². The minimum absolute atomic E-state index is 0.170. The molecule has 0 aliphatic carbocycles. The Morgan fingerprint density at radius 1 is 0.564 bits per heavy atom. The Kier molecular flexibility index (Phi) is 18.2. The predicted molar refractivity (Wildman–Crippen MR) is 141 cm³/mol. The molecule has 0 aromatic carbocycles. The Morgan fingerprint density at radius 2 is 0.897 bits per heavy atom. The van der Waals surface area contributed by atoms with Crippen molar-refractivity contribution in [2.24, 2.45) is 5.92 Å². The molecule has 0 aliphatic rings. The van der Waals surface area contributed by atoms with Gasteiger partial charge in [-0.05, 0) is 12.8 Å². The van der Waals surface area contributed by atoms with E-state index in [1.165, 1.54) is 0 Å². The van der Waals surface area contributed by atoms with E-state index in [4.69, 9.17) is 15.3 Å². The molecule has 0 fully saturated rings. The lowest BCUT2D eigenvalue weighted by Crippen LogP contribution is -2.54. The van der Waals surface area contributed by atoms with Crippen LogP contribution in [-0.2, 0) is 34.1 Å². The molecular formula is C26H44O12S. The molecule has 0 bridgehead atoms. The lowest BCUT2D eigenvalue weighted by molar-refractivity contribution is -0.155. The molecule has 1 unspecified atom stereocenters. The van der Waals surface area contributed by atoms with Gasteiger partial charge in [0.1, 0.15) is 0 Å². The maximum atomic E-state index is 12.3. The summed E-state index contributed by atoms with van der Waals surface area (Å²) in [7, 11) is -5.46. The van der Waals surface area contributed by atoms with Crippen molar-refractivity contribution in [3.63, 3.8) is 0 Å². The molecule has 0 rings (SSSR count). The highest BCUT2D eigenvalue weighted by molar-refractivity contribution is 7.89. The fraction of sp³-hybridized carbons (Fsp3) is 0.808. The predicted octanol–water partition coefficient (Wildman–Crippen LogP) is 4.55. The highest BCUT2D eigenvalue weighted by Crippen LogP contribution is 2.26. The molecule has 0 radical (unpaired) electrons. The lowest BCUT2D eigenvalue weighted by Gasteiger charge is -2.22. The molecule has 0 saturated carbocycles. The third-order valence-electron chi connectivity index (χ3n) is 6.88. The monoisotopic (exact) mass is 580 g/mol. The summed E-state index contributed by atoms with van der Waals surface area (Å²) >= 11 is 0. The molecule has 39 heavy (non-hydrogen) atoms. The van der Waals surface area contributed by atoms with Crippen LogP contribution in [0, 0.1) is 5.92 Å². The fourth-order valence-electron chi connectivity index (χ4n) is 4.52. The van der Waals surface area contributed by atoms with Gasteiger partial charge in [-0.25, -0.2) is 4.79 Å². The molecular weight excluding hydrogens is 536 g/mol. The second-order valence-electron chi connectivity index (χ2n) is 10.0. The number of aliphatic carboxylic acids is 4. The number of Topliss-reactive ketones (excluding diaryl/α,β-unsaturated/α-hetero) is 1. The Labute approximate surface area is 229 Å². The number of hydrogen-bond donors (Lipinski definition) is 5. The summed E-state index contributed by atoms with van der Waals surface area (Å²) in [5.74, 6) is -9.21. The molecule has 0 amide bonds. The number of carboxylic acids is 4. The first-order chi connectivity index (χ1) is 18.3. The summed E-state index contributed by atoms with van der Waals surface area (Å²) in [4.78, 5) is 56.3. The second-order valence-corrected chi connectivity index (χ2v) is 11.7. The number of ketones is 1. The van der Waals surface area contributed by atoms with Crippen LogP contribution in [0.3, 0.4) is 0 Å². The molecule has 0 aromatic rings. The molecule has 1 atom stereocenters. The first kappa shape index (κ1) is 36.5. The van der Waals surface area contributed by atoms with Crippen molar-refractivity contribution in [3.8, 4) is 0 Å². The molecule has 0 aromatic heterocycles. The number of unbranched alkanes of at least 4 members (excludes halogenated alkanes) is 15. The van der Waals surface area contributed by atoms with E-state index in [1.807, 2.05) is 0 Å². The fourth-order valence-corrected chi connectivity index (χ4v) is 5.43. The van der Waals surface area contributed by atoms with E-state index in [0.29, 0.717) is 12.8 Å². The average molecular weight is 581 g/mol. The van der Waals surface area contributed by atoms with Crippen LogP contribution in [0.1, 0.15) is 122 Å². The minimum Gasteiger partial charge on any atom is -0.481 e. The van der Waals surface area contributed by atoms with Gasteiger partial charge in [0.2, 0.25) is 0 Å². The minimum atomic E-state index is -5.46. The summed E-state index contributed by atoms with van der Waals surface area (Å²) in [6.45, 7) is 0. The van der Waals surface area contributed by atoms with Gasteiger partial charge in [0.05, 0.1) is 6.42 Å². The van der Waals surface area contributed by atoms with Gasteiger partial charge in [-0.15, -0.1) is 0 Å². The zero-order chi connectivity index (χ0) is 29.9. The van der Waals surface area contributed by atoms with Crippen molar-refractivity contribution >= 4 is 39.8 Å². The van der Waals surface area contributed by atoms with Crippen LogP contribution in [-0.4, -0.2) is 67.8 Å². The molecule has 0 aliphatic heterocycles. The van der Waals surface area contributed by atoms with Crippen molar-refractivity contribution < 1.29 is 57.4 Å². The molecule has 0 spiro atoms. The number of hydrogen-bond acceptors (Lipinski definition) is 7. The lowest BCUT2D eigenvalue weighted by atomic mass is 9.94. The van der Waals surface area contributed by atoms with Gasteiger partial charge in [0, 0.05) is 6.42 Å². The Morgan fingerprint density at radius 3 is 1.18 bits per heavy atom. The summed E-state index contributed by atoms with van der Waals surface area (Å²) in [6, 6.07) is 0. The van der Waals surface area contributed by atoms with Crippen LogP contribution in [0.25, 0.3) is 0 Å². The zero-order valence-corrected chi connectivity index (χ0v) is 23.3. The van der Waals surface area contributed by atoms with Crippen LogP contribution < -0.4 is 0 Å². The highest BCUT2D eigenvalue weighted by Gasteiger charge is 2.58. The van der Waals surface area contributed by atoms with Crippen LogP contribution in [0.15, 0.2) is 0 Å². The van der Waals surface area contributed by atoms with Crippen LogP contribution >= 0.6 is 0 Å². The van der Waals surface area contributed by atoms with Crippen LogP contribution in [0.4, 0.5) is 0 Å². The first-order valence-electron chi connectivity index (χ1n) is 13.7. The molecule has 0 heterocycles. The second kappa shape index (κ2) is 19.5. The summed E-state index contributed by atoms with van der Waals surface area (Å²) in [5, 5.41) is 35.7. The van der Waals surface area contributed by atoms with Crippen LogP contribution in [0.2, 0.25) is 0 Å². The smallest absolute Gasteiger partial charge is 0.335 e. The number of rotatable bonds is 26. The standard InChI is InChI=1S/C26H44O12S/c27-21(26(25(34)35,19-22(28)29)39(36,37)38)18-16-14-12-10-8-6-4-2-1-3-5-7-9-11-13-15-17-20(23(30)31)24(32)33/h20H,1-19H2,(H,28,29)(H,30,31)(H,32,33)(H,34,35)(H,36,37,38). The Balaban J connectivity index is 3.79. The van der Waals surface area contributed by atoms with E-state index < -0.39 is 63.3 Å². The van der Waals surface area contributed by atoms with Gasteiger partial charge in [-0.1, -0.05) is 96.3 Å². The van der Waals surface area contributed by atoms with Gasteiger partial charge in [0.15, 0.2) is 11.7 Å². The third kappa shape index (κ3) is 14.4. The molecule has 226 valence electrons. The van der Waals surface area contributed by atoms with Gasteiger partial charge >= 0.3 is 23.9 Å². The van der Waals surface area contributed by atoms with E-state index in [-0.39, 0.29) is 12.8 Å². The number of carboxylic acid groups (broad SMARTS) is 4. The topological polar surface area (TPSA) is 221 Å². The SMILES string of the molecule is O=C(O)CC(C(=O)O)(C(=O)CCCCCCCCCCCCCCCCCCC(C(=O)O)C(=O)O)S(=O)(=O)O. The molecule has 5 N–H and O–H groups in total. The number of carbonyl (C=O) groups excluding carboxylic acids is 1. The number of carbonyl (C=O) groups is 5. The van der Waals surface area contributed by atoms with Crippen molar-refractivity contribution in [2.75, 3.05) is 0 Å². The Hall–Kier alpha value is -2.54. The van der Waals surface area contributed by atoms with Crippen molar-refractivity contribution in [3.05, 3.63) is 0 Å². The first-order valence-corrected chi connectivity index (χ1v) is 15.1. The third-order valence-corrected chi connectivity index (χ3v) is 8.31. The van der Waals surface area contributed by atoms with Gasteiger partial charge in [-0.2, -0.15) is 8.42 Å². The van der Waals surface area contributed by atoms with Gasteiger partial charge in [-0.3, -0.25) is 23.7 Å². The van der Waals surface area contributed by atoms with E-state index in [0.717, 1.165) is 83.5 Å². The quantitative estimate of drug-likeness (QED) is 0.0540. The normalized spacial score (nSPS) is 13.2. The van der Waals surface area contributed by atoms with Gasteiger partial charge < -0.3 is 20.4 Å². The molecule has 0 saturated heterocycles.